The predicted molar refractivity (Wildman–Crippen MR) is 116 cm³/mol. The summed E-state index contributed by atoms with van der Waals surface area (Å²) in [6.07, 6.45) is 1.71. The molecule has 6 heteroatoms. The average molecular weight is 518 g/mol. The Morgan fingerprint density at radius 1 is 0.821 bits per heavy atom. The molecular formula is C22H24Br2F2O2. The van der Waals surface area contributed by atoms with Gasteiger partial charge in [0.2, 0.25) is 0 Å². The van der Waals surface area contributed by atoms with Gasteiger partial charge in [-0.2, -0.15) is 0 Å². The third-order valence-corrected chi connectivity index (χ3v) is 6.24. The summed E-state index contributed by atoms with van der Waals surface area (Å²) in [5.41, 5.74) is 1.71. The zero-order valence-electron chi connectivity index (χ0n) is 14.3. The first-order valence-electron chi connectivity index (χ1n) is 8.15. The zero-order valence-corrected chi connectivity index (χ0v) is 17.4. The lowest BCUT2D eigenvalue weighted by Crippen LogP contribution is -2.19. The van der Waals surface area contributed by atoms with Gasteiger partial charge in [-0.05, 0) is 48.2 Å². The second-order valence-electron chi connectivity index (χ2n) is 7.08. The molecule has 28 heavy (non-hydrogen) atoms. The molecule has 2 nitrogen and oxygen atoms in total. The van der Waals surface area contributed by atoms with E-state index in [0.29, 0.717) is 19.3 Å². The molecule has 0 saturated heterocycles. The minimum absolute atomic E-state index is 0. The fourth-order valence-corrected chi connectivity index (χ4v) is 4.38. The summed E-state index contributed by atoms with van der Waals surface area (Å²) in [5, 5.41) is 0. The van der Waals surface area contributed by atoms with E-state index in [1.54, 1.807) is 12.1 Å². The third kappa shape index (κ3) is 4.28. The van der Waals surface area contributed by atoms with Crippen LogP contribution in [0.3, 0.4) is 0 Å². The first kappa shape index (κ1) is 24.6. The van der Waals surface area contributed by atoms with Crippen LogP contribution in [0, 0.1) is 17.0 Å². The summed E-state index contributed by atoms with van der Waals surface area (Å²) in [7, 11) is 0. The second kappa shape index (κ2) is 8.95. The van der Waals surface area contributed by atoms with Crippen LogP contribution in [0.5, 0.6) is 0 Å². The summed E-state index contributed by atoms with van der Waals surface area (Å²) >= 11 is 6.63. The Morgan fingerprint density at radius 3 is 1.82 bits per heavy atom. The maximum atomic E-state index is 13.4. The van der Waals surface area contributed by atoms with Crippen molar-refractivity contribution in [1.29, 1.82) is 0 Å². The molecule has 0 spiro atoms. The number of rotatable bonds is 0. The number of carbonyl (C=O) groups excluding carboxylic acids is 2. The van der Waals surface area contributed by atoms with Crippen molar-refractivity contribution in [2.75, 3.05) is 0 Å². The van der Waals surface area contributed by atoms with Gasteiger partial charge in [0, 0.05) is 20.8 Å². The van der Waals surface area contributed by atoms with E-state index in [1.165, 1.54) is 12.1 Å². The molecule has 0 unspecified atom stereocenters. The van der Waals surface area contributed by atoms with Crippen molar-refractivity contribution in [1.82, 2.24) is 0 Å². The van der Waals surface area contributed by atoms with E-state index in [4.69, 9.17) is 0 Å². The molecular weight excluding hydrogens is 494 g/mol. The SMILES string of the molecule is C.C.CC1(C)Cc2c(Br)ccc(F)c2C1=O.O=C1CCc2c(Br)ccc(F)c21. The number of fused-ring (bicyclic) bond motifs is 2. The molecule has 0 fully saturated rings. The molecule has 0 aliphatic heterocycles. The van der Waals surface area contributed by atoms with E-state index in [2.05, 4.69) is 31.9 Å². The molecule has 2 aromatic rings. The number of Topliss-reactive ketones (excluding diaryl/α,β-unsaturated/α-hetero) is 2. The molecule has 0 atom stereocenters. The fraction of sp³-hybridized carbons (Fsp3) is 0.364. The number of carbonyl (C=O) groups is 2. The van der Waals surface area contributed by atoms with Crippen LogP contribution in [-0.4, -0.2) is 11.6 Å². The van der Waals surface area contributed by atoms with Crippen LogP contribution in [0.25, 0.3) is 0 Å². The van der Waals surface area contributed by atoms with Gasteiger partial charge in [-0.3, -0.25) is 9.59 Å². The van der Waals surface area contributed by atoms with E-state index in [0.717, 1.165) is 20.1 Å². The Labute approximate surface area is 182 Å². The van der Waals surface area contributed by atoms with Crippen molar-refractivity contribution in [3.05, 3.63) is 67.1 Å². The summed E-state index contributed by atoms with van der Waals surface area (Å²) in [6, 6.07) is 5.96. The van der Waals surface area contributed by atoms with E-state index in [-0.39, 0.29) is 37.5 Å². The number of ketones is 2. The zero-order chi connectivity index (χ0) is 19.2. The minimum Gasteiger partial charge on any atom is -0.294 e. The van der Waals surface area contributed by atoms with Gasteiger partial charge in [-0.25, -0.2) is 8.78 Å². The highest BCUT2D eigenvalue weighted by atomic mass is 79.9. The number of halogens is 4. The molecule has 0 radical (unpaired) electrons. The topological polar surface area (TPSA) is 34.1 Å². The lowest BCUT2D eigenvalue weighted by molar-refractivity contribution is 0.0859. The van der Waals surface area contributed by atoms with Crippen molar-refractivity contribution >= 4 is 43.4 Å². The van der Waals surface area contributed by atoms with Gasteiger partial charge in [0.15, 0.2) is 11.6 Å². The Morgan fingerprint density at radius 2 is 1.32 bits per heavy atom. The molecule has 2 aromatic carbocycles. The molecule has 0 aromatic heterocycles. The number of benzene rings is 2. The minimum atomic E-state index is -0.465. The van der Waals surface area contributed by atoms with Crippen LogP contribution in [0.2, 0.25) is 0 Å². The quantitative estimate of drug-likeness (QED) is 0.366. The lowest BCUT2D eigenvalue weighted by atomic mass is 9.89. The van der Waals surface area contributed by atoms with Gasteiger partial charge in [-0.1, -0.05) is 60.6 Å². The Kier molecular flexibility index (Phi) is 7.88. The van der Waals surface area contributed by atoms with E-state index < -0.39 is 17.0 Å². The van der Waals surface area contributed by atoms with Crippen LogP contribution in [-0.2, 0) is 12.8 Å². The maximum Gasteiger partial charge on any atom is 0.172 e. The smallest absolute Gasteiger partial charge is 0.172 e. The maximum absolute atomic E-state index is 13.4. The number of hydrogen-bond acceptors (Lipinski definition) is 2. The normalized spacial score (nSPS) is 15.6. The molecule has 0 N–H and O–H groups in total. The Balaban J connectivity index is 0.000000264. The third-order valence-electron chi connectivity index (χ3n) is 4.75. The highest BCUT2D eigenvalue weighted by Gasteiger charge is 2.40. The van der Waals surface area contributed by atoms with Gasteiger partial charge in [0.05, 0.1) is 11.1 Å². The molecule has 4 rings (SSSR count). The second-order valence-corrected chi connectivity index (χ2v) is 8.79. The molecule has 0 heterocycles. The van der Waals surface area contributed by atoms with Gasteiger partial charge in [-0.15, -0.1) is 0 Å². The summed E-state index contributed by atoms with van der Waals surface area (Å²) < 4.78 is 28.2. The van der Waals surface area contributed by atoms with E-state index in [9.17, 15) is 18.4 Å². The molecule has 2 aliphatic carbocycles. The largest absolute Gasteiger partial charge is 0.294 e. The van der Waals surface area contributed by atoms with E-state index in [1.807, 2.05) is 13.8 Å². The standard InChI is InChI=1S/C11H10BrFO.C9H6BrFO.2CH4/c1-11(2)5-6-7(12)3-4-8(13)9(6)10(11)14;10-6-2-3-7(11)9-5(6)1-4-8(9)12;;/h3-4H,5H2,1-2H3;2-3H,1,4H2;2*1H4. The highest BCUT2D eigenvalue weighted by molar-refractivity contribution is 9.10. The fourth-order valence-electron chi connectivity index (χ4n) is 3.38. The van der Waals surface area contributed by atoms with Crippen LogP contribution >= 0.6 is 31.9 Å². The van der Waals surface area contributed by atoms with Crippen molar-refractivity contribution < 1.29 is 18.4 Å². The summed E-state index contributed by atoms with van der Waals surface area (Å²) in [6.45, 7) is 3.70. The van der Waals surface area contributed by atoms with Gasteiger partial charge >= 0.3 is 0 Å². The molecule has 152 valence electrons. The highest BCUT2D eigenvalue weighted by Crippen LogP contribution is 2.40. The monoisotopic (exact) mass is 516 g/mol. The predicted octanol–water partition coefficient (Wildman–Crippen LogP) is 7.34. The molecule has 0 bridgehead atoms. The summed E-state index contributed by atoms with van der Waals surface area (Å²) in [4.78, 5) is 23.0. The van der Waals surface area contributed by atoms with Crippen LogP contribution in [0.4, 0.5) is 8.78 Å². The first-order chi connectivity index (χ1) is 12.1. The Bertz CT molecular complexity index is 937. The van der Waals surface area contributed by atoms with Crippen molar-refractivity contribution in [2.24, 2.45) is 5.41 Å². The molecule has 0 saturated carbocycles. The van der Waals surface area contributed by atoms with Crippen LogP contribution < -0.4 is 0 Å². The molecule has 0 amide bonds. The van der Waals surface area contributed by atoms with Gasteiger partial charge in [0.25, 0.3) is 0 Å². The lowest BCUT2D eigenvalue weighted by Gasteiger charge is -2.13. The molecule has 2 aliphatic rings. The Hall–Kier alpha value is -1.40. The van der Waals surface area contributed by atoms with Crippen molar-refractivity contribution in [3.8, 4) is 0 Å². The van der Waals surface area contributed by atoms with Crippen LogP contribution in [0.15, 0.2) is 33.2 Å². The van der Waals surface area contributed by atoms with Crippen molar-refractivity contribution in [3.63, 3.8) is 0 Å². The van der Waals surface area contributed by atoms with Gasteiger partial charge in [0.1, 0.15) is 11.6 Å². The number of hydrogen-bond donors (Lipinski definition) is 0. The van der Waals surface area contributed by atoms with Gasteiger partial charge < -0.3 is 0 Å². The van der Waals surface area contributed by atoms with E-state index >= 15 is 0 Å². The average Bonchev–Trinajstić information content (AvgIpc) is 3.08. The van der Waals surface area contributed by atoms with Crippen LogP contribution in [0.1, 0.15) is 67.0 Å². The van der Waals surface area contributed by atoms with Crippen molar-refractivity contribution in [2.45, 2.75) is 48.0 Å². The first-order valence-corrected chi connectivity index (χ1v) is 9.74. The summed E-state index contributed by atoms with van der Waals surface area (Å²) in [5.74, 6) is -0.968.